The highest BCUT2D eigenvalue weighted by atomic mass is 35.5. The predicted octanol–water partition coefficient (Wildman–Crippen LogP) is 4.40. The van der Waals surface area contributed by atoms with Crippen molar-refractivity contribution in [3.05, 3.63) is 58.6 Å². The summed E-state index contributed by atoms with van der Waals surface area (Å²) in [6, 6.07) is 5.97. The van der Waals surface area contributed by atoms with Gasteiger partial charge in [-0.15, -0.1) is 12.4 Å². The summed E-state index contributed by atoms with van der Waals surface area (Å²) in [7, 11) is 0. The number of nitrogens with zero attached hydrogens (tertiary/aromatic N) is 4. The highest BCUT2D eigenvalue weighted by molar-refractivity contribution is 6.31. The van der Waals surface area contributed by atoms with Crippen molar-refractivity contribution >= 4 is 29.9 Å². The van der Waals surface area contributed by atoms with Crippen LogP contribution in [-0.2, 0) is 28.7 Å². The number of halogens is 5. The molecule has 2 fully saturated rings. The summed E-state index contributed by atoms with van der Waals surface area (Å²) in [5.41, 5.74) is 0.0371. The topological polar surface area (TPSA) is 58.6 Å². The van der Waals surface area contributed by atoms with Gasteiger partial charge in [-0.1, -0.05) is 11.6 Å². The summed E-state index contributed by atoms with van der Waals surface area (Å²) >= 11 is 6.20. The maximum absolute atomic E-state index is 12.8. The Morgan fingerprint density at radius 1 is 1.21 bits per heavy atom. The molecule has 1 atom stereocenters. The van der Waals surface area contributed by atoms with Gasteiger partial charge in [-0.2, -0.15) is 13.2 Å². The van der Waals surface area contributed by atoms with Crippen LogP contribution in [0, 0.1) is 0 Å². The molecular formula is C23H27Cl2F3N4O2. The minimum atomic E-state index is -4.44. The molecule has 4 rings (SSSR count). The lowest BCUT2D eigenvalue weighted by Crippen LogP contribution is -2.61. The molecule has 1 unspecified atom stereocenters. The van der Waals surface area contributed by atoms with Crippen LogP contribution < -0.4 is 0 Å². The van der Waals surface area contributed by atoms with Crippen LogP contribution in [0.3, 0.4) is 0 Å². The highest BCUT2D eigenvalue weighted by Crippen LogP contribution is 2.34. The summed E-state index contributed by atoms with van der Waals surface area (Å²) in [6.45, 7) is 4.76. The van der Waals surface area contributed by atoms with Crippen LogP contribution in [0.5, 0.6) is 0 Å². The number of amides is 1. The SMILES string of the molecule is CC1OC2(CCN(CCc3ncccc3Cl)CC2)CN(Cc2ccc(C(F)(F)F)cn2)C1=O.Cl. The molecule has 2 aliphatic heterocycles. The van der Waals surface area contributed by atoms with Gasteiger partial charge in [-0.3, -0.25) is 14.8 Å². The fourth-order valence-electron chi connectivity index (χ4n) is 4.49. The van der Waals surface area contributed by atoms with Crippen LogP contribution in [0.15, 0.2) is 36.7 Å². The van der Waals surface area contributed by atoms with Crippen molar-refractivity contribution in [1.29, 1.82) is 0 Å². The van der Waals surface area contributed by atoms with E-state index in [0.717, 1.165) is 56.9 Å². The van der Waals surface area contributed by atoms with E-state index < -0.39 is 23.4 Å². The molecule has 0 radical (unpaired) electrons. The molecule has 0 bridgehead atoms. The Balaban J connectivity index is 0.00000324. The molecule has 2 aromatic rings. The molecule has 2 aromatic heterocycles. The smallest absolute Gasteiger partial charge is 0.360 e. The fourth-order valence-corrected chi connectivity index (χ4v) is 4.70. The maximum atomic E-state index is 12.8. The van der Waals surface area contributed by atoms with Gasteiger partial charge in [0, 0.05) is 38.4 Å². The van der Waals surface area contributed by atoms with E-state index in [2.05, 4.69) is 14.9 Å². The van der Waals surface area contributed by atoms with E-state index in [1.807, 2.05) is 12.1 Å². The van der Waals surface area contributed by atoms with E-state index in [1.54, 1.807) is 18.0 Å². The third-order valence-electron chi connectivity index (χ3n) is 6.34. The Morgan fingerprint density at radius 3 is 2.56 bits per heavy atom. The van der Waals surface area contributed by atoms with Gasteiger partial charge in [0.2, 0.25) is 0 Å². The Bertz CT molecular complexity index is 983. The van der Waals surface area contributed by atoms with Crippen LogP contribution in [-0.4, -0.2) is 63.6 Å². The Labute approximate surface area is 207 Å². The monoisotopic (exact) mass is 518 g/mol. The molecule has 6 nitrogen and oxygen atoms in total. The number of hydrogen-bond acceptors (Lipinski definition) is 5. The van der Waals surface area contributed by atoms with Crippen LogP contribution in [0.4, 0.5) is 13.2 Å². The number of aromatic nitrogens is 2. The van der Waals surface area contributed by atoms with Crippen molar-refractivity contribution in [1.82, 2.24) is 19.8 Å². The van der Waals surface area contributed by atoms with Gasteiger partial charge in [-0.05, 0) is 44.0 Å². The number of morpholine rings is 1. The number of rotatable bonds is 5. The van der Waals surface area contributed by atoms with Gasteiger partial charge in [0.1, 0.15) is 6.10 Å². The first-order valence-corrected chi connectivity index (χ1v) is 11.3. The van der Waals surface area contributed by atoms with E-state index in [4.69, 9.17) is 16.3 Å². The number of alkyl halides is 3. The van der Waals surface area contributed by atoms with Crippen molar-refractivity contribution < 1.29 is 22.7 Å². The Hall–Kier alpha value is -1.94. The lowest BCUT2D eigenvalue weighted by atomic mass is 9.88. The second-order valence-electron chi connectivity index (χ2n) is 8.70. The molecule has 0 aliphatic carbocycles. The molecule has 0 N–H and O–H groups in total. The van der Waals surface area contributed by atoms with Gasteiger partial charge in [0.15, 0.2) is 0 Å². The van der Waals surface area contributed by atoms with Crippen molar-refractivity contribution in [3.63, 3.8) is 0 Å². The molecular weight excluding hydrogens is 492 g/mol. The molecule has 4 heterocycles. The van der Waals surface area contributed by atoms with Crippen molar-refractivity contribution in [3.8, 4) is 0 Å². The zero-order valence-electron chi connectivity index (χ0n) is 18.7. The van der Waals surface area contributed by atoms with Gasteiger partial charge in [0.25, 0.3) is 5.91 Å². The highest BCUT2D eigenvalue weighted by Gasteiger charge is 2.45. The number of likely N-dealkylation sites (tertiary alicyclic amines) is 1. The van der Waals surface area contributed by atoms with Crippen molar-refractivity contribution in [2.24, 2.45) is 0 Å². The van der Waals surface area contributed by atoms with Gasteiger partial charge < -0.3 is 14.5 Å². The molecule has 0 saturated carbocycles. The molecule has 34 heavy (non-hydrogen) atoms. The Kier molecular flexibility index (Phi) is 8.44. The summed E-state index contributed by atoms with van der Waals surface area (Å²) in [5.74, 6) is -0.172. The number of ether oxygens (including phenoxy) is 1. The van der Waals surface area contributed by atoms with Crippen LogP contribution in [0.25, 0.3) is 0 Å². The fraction of sp³-hybridized carbons (Fsp3) is 0.522. The minimum Gasteiger partial charge on any atom is -0.360 e. The number of carbonyl (C=O) groups is 1. The minimum absolute atomic E-state index is 0. The van der Waals surface area contributed by atoms with Crippen molar-refractivity contribution in [2.75, 3.05) is 26.2 Å². The standard InChI is InChI=1S/C23H26ClF3N4O2.ClH/c1-16-21(32)31(14-18-5-4-17(13-29-18)23(25,26)27)15-22(33-16)7-11-30(12-8-22)10-6-20-19(24)3-2-9-28-20;/h2-5,9,13,16H,6-8,10-12,14-15H2,1H3;1H. The Morgan fingerprint density at radius 2 is 1.94 bits per heavy atom. The van der Waals surface area contributed by atoms with E-state index in [1.165, 1.54) is 6.07 Å². The molecule has 1 spiro atoms. The lowest BCUT2D eigenvalue weighted by molar-refractivity contribution is -0.190. The zero-order chi connectivity index (χ0) is 23.6. The van der Waals surface area contributed by atoms with Crippen molar-refractivity contribution in [2.45, 2.75) is 50.6 Å². The van der Waals surface area contributed by atoms with Gasteiger partial charge in [0.05, 0.1) is 40.7 Å². The van der Waals surface area contributed by atoms with E-state index in [-0.39, 0.29) is 24.9 Å². The maximum Gasteiger partial charge on any atom is 0.417 e. The molecule has 1 amide bonds. The molecule has 11 heteroatoms. The predicted molar refractivity (Wildman–Crippen MR) is 124 cm³/mol. The van der Waals surface area contributed by atoms with Crippen LogP contribution in [0.2, 0.25) is 5.02 Å². The second-order valence-corrected chi connectivity index (χ2v) is 9.10. The number of pyridine rings is 2. The quantitative estimate of drug-likeness (QED) is 0.587. The molecule has 0 aromatic carbocycles. The average molecular weight is 519 g/mol. The first kappa shape index (κ1) is 26.7. The van der Waals surface area contributed by atoms with E-state index >= 15 is 0 Å². The second kappa shape index (κ2) is 10.8. The zero-order valence-corrected chi connectivity index (χ0v) is 20.3. The summed E-state index contributed by atoms with van der Waals surface area (Å²) in [5, 5.41) is 0.668. The third-order valence-corrected chi connectivity index (χ3v) is 6.68. The first-order chi connectivity index (χ1) is 15.7. The summed E-state index contributed by atoms with van der Waals surface area (Å²) in [6.07, 6.45) is -0.211. The number of piperidine rings is 1. The summed E-state index contributed by atoms with van der Waals surface area (Å²) in [4.78, 5) is 25.0. The first-order valence-electron chi connectivity index (χ1n) is 11.0. The molecule has 2 aliphatic rings. The van der Waals surface area contributed by atoms with E-state index in [0.29, 0.717) is 17.3 Å². The largest absolute Gasteiger partial charge is 0.417 e. The van der Waals surface area contributed by atoms with Gasteiger partial charge in [-0.25, -0.2) is 0 Å². The van der Waals surface area contributed by atoms with Crippen LogP contribution >= 0.6 is 24.0 Å². The van der Waals surface area contributed by atoms with Crippen LogP contribution in [0.1, 0.15) is 36.7 Å². The number of carbonyl (C=O) groups excluding carboxylic acids is 1. The lowest BCUT2D eigenvalue weighted by Gasteiger charge is -2.49. The normalized spacial score (nSPS) is 20.9. The number of hydrogen-bond donors (Lipinski definition) is 0. The average Bonchev–Trinajstić information content (AvgIpc) is 2.78. The molecule has 2 saturated heterocycles. The van der Waals surface area contributed by atoms with Gasteiger partial charge >= 0.3 is 6.18 Å². The molecule has 186 valence electrons. The van der Waals surface area contributed by atoms with E-state index in [9.17, 15) is 18.0 Å². The summed E-state index contributed by atoms with van der Waals surface area (Å²) < 4.78 is 44.6. The third kappa shape index (κ3) is 6.19.